The molecule has 0 spiro atoms. The lowest BCUT2D eigenvalue weighted by Gasteiger charge is -2.64. The number of fused-ring (bicyclic) bond motifs is 5. The predicted octanol–water partition coefficient (Wildman–Crippen LogP) is 4.73. The molecule has 178 valence electrons. The van der Waals surface area contributed by atoms with Crippen LogP contribution in [0.5, 0.6) is 0 Å². The molecule has 4 rings (SSSR count). The van der Waals surface area contributed by atoms with Gasteiger partial charge in [-0.1, -0.05) is 34.1 Å². The Kier molecular flexibility index (Phi) is 6.42. The minimum absolute atomic E-state index is 0.191. The Morgan fingerprint density at radius 1 is 1.06 bits per heavy atom. The summed E-state index contributed by atoms with van der Waals surface area (Å²) >= 11 is 0. The van der Waals surface area contributed by atoms with Crippen molar-refractivity contribution < 1.29 is 19.7 Å². The highest BCUT2D eigenvalue weighted by molar-refractivity contribution is 5.64. The zero-order chi connectivity index (χ0) is 22.6. The zero-order valence-electron chi connectivity index (χ0n) is 20.1. The molecule has 0 aromatic rings. The molecule has 0 aromatic carbocycles. The van der Waals surface area contributed by atoms with Gasteiger partial charge in [-0.3, -0.25) is 0 Å². The topological polar surface area (TPSA) is 92.8 Å². The SMILES string of the molecule is CC[C@H]1[C@@H](O)[C@@H]2[C@H](CC[C@]3(C)[C@@H]([C@H](C)CCOC(N)=O)CC[C@@H]23)[C@@]2(C)CC[C@@H](O)C[C@@H]12. The van der Waals surface area contributed by atoms with E-state index in [4.69, 9.17) is 10.5 Å². The van der Waals surface area contributed by atoms with Crippen molar-refractivity contribution in [1.82, 2.24) is 0 Å². The first-order valence-corrected chi connectivity index (χ1v) is 12.9. The van der Waals surface area contributed by atoms with Crippen LogP contribution in [0.4, 0.5) is 4.79 Å². The van der Waals surface area contributed by atoms with Gasteiger partial charge < -0.3 is 20.7 Å². The van der Waals surface area contributed by atoms with Crippen LogP contribution in [0.15, 0.2) is 0 Å². The van der Waals surface area contributed by atoms with E-state index in [1.165, 1.54) is 25.7 Å². The number of rotatable bonds is 5. The number of nitrogens with two attached hydrogens (primary N) is 1. The molecule has 11 atom stereocenters. The average Bonchev–Trinajstić information content (AvgIpc) is 3.06. The van der Waals surface area contributed by atoms with Gasteiger partial charge in [0.1, 0.15) is 0 Å². The van der Waals surface area contributed by atoms with Gasteiger partial charge in [-0.2, -0.15) is 0 Å². The van der Waals surface area contributed by atoms with Gasteiger partial charge in [0.15, 0.2) is 0 Å². The van der Waals surface area contributed by atoms with E-state index in [9.17, 15) is 15.0 Å². The van der Waals surface area contributed by atoms with Crippen LogP contribution < -0.4 is 5.73 Å². The zero-order valence-corrected chi connectivity index (χ0v) is 20.1. The second-order valence-electron chi connectivity index (χ2n) is 12.1. The Labute approximate surface area is 188 Å². The van der Waals surface area contributed by atoms with Gasteiger partial charge in [0, 0.05) is 0 Å². The van der Waals surface area contributed by atoms with Crippen molar-refractivity contribution in [3.05, 3.63) is 0 Å². The van der Waals surface area contributed by atoms with E-state index >= 15 is 0 Å². The summed E-state index contributed by atoms with van der Waals surface area (Å²) in [6.45, 7) is 9.93. The van der Waals surface area contributed by atoms with Crippen molar-refractivity contribution >= 4 is 6.09 Å². The maximum absolute atomic E-state index is 11.7. The Hall–Kier alpha value is -0.810. The van der Waals surface area contributed by atoms with Crippen molar-refractivity contribution in [2.24, 2.45) is 58.0 Å². The monoisotopic (exact) mass is 435 g/mol. The molecule has 4 aliphatic rings. The van der Waals surface area contributed by atoms with Gasteiger partial charge in [-0.05, 0) is 104 Å². The van der Waals surface area contributed by atoms with E-state index in [1.807, 2.05) is 0 Å². The molecule has 0 unspecified atom stereocenters. The number of carbonyl (C=O) groups excluding carboxylic acids is 1. The van der Waals surface area contributed by atoms with Gasteiger partial charge in [0.05, 0.1) is 18.8 Å². The first-order chi connectivity index (χ1) is 14.6. The van der Waals surface area contributed by atoms with Gasteiger partial charge >= 0.3 is 6.09 Å². The minimum Gasteiger partial charge on any atom is -0.450 e. The molecular weight excluding hydrogens is 390 g/mol. The summed E-state index contributed by atoms with van der Waals surface area (Å²) in [6.07, 6.45) is 8.52. The van der Waals surface area contributed by atoms with Gasteiger partial charge in [-0.15, -0.1) is 0 Å². The summed E-state index contributed by atoms with van der Waals surface area (Å²) in [5.74, 6) is 3.40. The van der Waals surface area contributed by atoms with E-state index < -0.39 is 6.09 Å². The highest BCUT2D eigenvalue weighted by Crippen LogP contribution is 2.69. The highest BCUT2D eigenvalue weighted by Gasteiger charge is 2.64. The van der Waals surface area contributed by atoms with Crippen molar-refractivity contribution in [3.63, 3.8) is 0 Å². The standard InChI is InChI=1S/C26H45NO4/c1-5-17-21-14-16(28)8-11-26(21,4)20-9-12-25(3)18(15(2)10-13-31-24(27)30)6-7-19(25)22(20)23(17)29/h15-23,28-29H,5-14H2,1-4H3,(H2,27,30)/t15-,16-,17-,18-,19+,20+,21+,22+,23-,25-,26-/m1/s1. The maximum atomic E-state index is 11.7. The number of aliphatic hydroxyl groups excluding tert-OH is 2. The lowest BCUT2D eigenvalue weighted by molar-refractivity contribution is -0.203. The van der Waals surface area contributed by atoms with Crippen LogP contribution in [0.1, 0.15) is 85.5 Å². The summed E-state index contributed by atoms with van der Waals surface area (Å²) in [5.41, 5.74) is 5.66. The van der Waals surface area contributed by atoms with E-state index in [0.717, 1.165) is 32.1 Å². The van der Waals surface area contributed by atoms with Crippen LogP contribution in [0.2, 0.25) is 0 Å². The van der Waals surface area contributed by atoms with E-state index in [2.05, 4.69) is 27.7 Å². The average molecular weight is 436 g/mol. The smallest absolute Gasteiger partial charge is 0.404 e. The third-order valence-electron chi connectivity index (χ3n) is 11.0. The van der Waals surface area contributed by atoms with Crippen LogP contribution in [0.3, 0.4) is 0 Å². The van der Waals surface area contributed by atoms with Crippen molar-refractivity contribution in [3.8, 4) is 0 Å². The molecule has 5 heteroatoms. The summed E-state index contributed by atoms with van der Waals surface area (Å²) in [4.78, 5) is 11.0. The molecule has 4 N–H and O–H groups in total. The fourth-order valence-corrected chi connectivity index (χ4v) is 9.48. The van der Waals surface area contributed by atoms with Crippen LogP contribution in [-0.4, -0.2) is 35.1 Å². The number of amides is 1. The molecule has 0 bridgehead atoms. The first kappa shape index (κ1) is 23.4. The number of hydrogen-bond acceptors (Lipinski definition) is 4. The molecule has 0 saturated heterocycles. The summed E-state index contributed by atoms with van der Waals surface area (Å²) in [7, 11) is 0. The fraction of sp³-hybridized carbons (Fsp3) is 0.962. The molecule has 1 amide bonds. The fourth-order valence-electron chi connectivity index (χ4n) is 9.48. The van der Waals surface area contributed by atoms with Gasteiger partial charge in [0.25, 0.3) is 0 Å². The quantitative estimate of drug-likeness (QED) is 0.582. The van der Waals surface area contributed by atoms with Crippen molar-refractivity contribution in [1.29, 1.82) is 0 Å². The molecule has 4 aliphatic carbocycles. The number of aliphatic hydroxyl groups is 2. The maximum Gasteiger partial charge on any atom is 0.404 e. The molecule has 0 aromatic heterocycles. The normalized spacial score (nSPS) is 50.1. The van der Waals surface area contributed by atoms with Crippen LogP contribution in [0, 0.1) is 52.3 Å². The molecule has 31 heavy (non-hydrogen) atoms. The van der Waals surface area contributed by atoms with Crippen LogP contribution >= 0.6 is 0 Å². The third-order valence-corrected chi connectivity index (χ3v) is 11.0. The highest BCUT2D eigenvalue weighted by atomic mass is 16.5. The van der Waals surface area contributed by atoms with Crippen molar-refractivity contribution in [2.45, 2.75) is 97.7 Å². The second kappa shape index (κ2) is 8.52. The molecule has 0 heterocycles. The molecule has 4 saturated carbocycles. The Balaban J connectivity index is 1.57. The molecule has 0 aliphatic heterocycles. The van der Waals surface area contributed by atoms with E-state index in [1.54, 1.807) is 0 Å². The number of carbonyl (C=O) groups is 1. The van der Waals surface area contributed by atoms with E-state index in [-0.39, 0.29) is 23.0 Å². The Morgan fingerprint density at radius 2 is 1.74 bits per heavy atom. The lowest BCUT2D eigenvalue weighted by atomic mass is 9.41. The Morgan fingerprint density at radius 3 is 2.42 bits per heavy atom. The van der Waals surface area contributed by atoms with Crippen LogP contribution in [0.25, 0.3) is 0 Å². The van der Waals surface area contributed by atoms with E-state index in [0.29, 0.717) is 48.0 Å². The molecule has 5 nitrogen and oxygen atoms in total. The van der Waals surface area contributed by atoms with Gasteiger partial charge in [-0.25, -0.2) is 4.79 Å². The number of primary amides is 1. The molecule has 0 radical (unpaired) electrons. The summed E-state index contributed by atoms with van der Waals surface area (Å²) in [6, 6.07) is 0. The largest absolute Gasteiger partial charge is 0.450 e. The molecular formula is C26H45NO4. The number of ether oxygens (including phenoxy) is 1. The lowest BCUT2D eigenvalue weighted by Crippen LogP contribution is -2.62. The summed E-state index contributed by atoms with van der Waals surface area (Å²) in [5, 5.41) is 22.2. The Bertz CT molecular complexity index is 670. The molecule has 4 fully saturated rings. The third kappa shape index (κ3) is 3.72. The minimum atomic E-state index is -0.681. The van der Waals surface area contributed by atoms with Crippen molar-refractivity contribution in [2.75, 3.05) is 6.61 Å². The summed E-state index contributed by atoms with van der Waals surface area (Å²) < 4.78 is 5.03. The first-order valence-electron chi connectivity index (χ1n) is 12.9. The number of hydrogen-bond donors (Lipinski definition) is 3. The van der Waals surface area contributed by atoms with Crippen LogP contribution in [-0.2, 0) is 4.74 Å². The van der Waals surface area contributed by atoms with Gasteiger partial charge in [0.2, 0.25) is 0 Å². The predicted molar refractivity (Wildman–Crippen MR) is 121 cm³/mol. The second-order valence-corrected chi connectivity index (χ2v) is 12.1.